The van der Waals surface area contributed by atoms with Crippen molar-refractivity contribution >= 4 is 0 Å². The van der Waals surface area contributed by atoms with E-state index in [1.54, 1.807) is 0 Å². The third kappa shape index (κ3) is 2.81. The first-order chi connectivity index (χ1) is 9.24. The second-order valence-corrected chi connectivity index (χ2v) is 5.25. The molecule has 1 fully saturated rings. The van der Waals surface area contributed by atoms with Gasteiger partial charge in [0.15, 0.2) is 5.82 Å². The van der Waals surface area contributed by atoms with E-state index >= 15 is 0 Å². The zero-order valence-electron chi connectivity index (χ0n) is 11.3. The van der Waals surface area contributed by atoms with E-state index in [0.717, 1.165) is 11.6 Å². The Labute approximate surface area is 112 Å². The Balaban J connectivity index is 1.60. The van der Waals surface area contributed by atoms with E-state index in [0.29, 0.717) is 12.5 Å². The summed E-state index contributed by atoms with van der Waals surface area (Å²) >= 11 is 0. The van der Waals surface area contributed by atoms with Gasteiger partial charge in [0.1, 0.15) is 5.82 Å². The van der Waals surface area contributed by atoms with Crippen molar-refractivity contribution < 1.29 is 0 Å². The number of rotatable bonds is 5. The molecule has 1 aliphatic rings. The maximum Gasteiger partial charge on any atom is 0.153 e. The van der Waals surface area contributed by atoms with Crippen molar-refractivity contribution in [3.8, 4) is 0 Å². The summed E-state index contributed by atoms with van der Waals surface area (Å²) in [6, 6.07) is 2.33. The highest BCUT2D eigenvalue weighted by Crippen LogP contribution is 2.37. The Morgan fingerprint density at radius 2 is 2.32 bits per heavy atom. The van der Waals surface area contributed by atoms with Gasteiger partial charge >= 0.3 is 0 Å². The maximum atomic E-state index is 4.52. The van der Waals surface area contributed by atoms with Gasteiger partial charge in [0.2, 0.25) is 0 Å². The van der Waals surface area contributed by atoms with Crippen LogP contribution in [0, 0.1) is 6.92 Å². The van der Waals surface area contributed by atoms with Crippen LogP contribution in [0.2, 0.25) is 0 Å². The Hall–Kier alpha value is -1.75. The summed E-state index contributed by atoms with van der Waals surface area (Å²) in [4.78, 5) is 8.64. The highest BCUT2D eigenvalue weighted by atomic mass is 15.2. The third-order valence-electron chi connectivity index (χ3n) is 3.60. The lowest BCUT2D eigenvalue weighted by atomic mass is 10.1. The van der Waals surface area contributed by atoms with Gasteiger partial charge in [-0.15, -0.1) is 0 Å². The van der Waals surface area contributed by atoms with Crippen molar-refractivity contribution in [1.82, 2.24) is 25.5 Å². The van der Waals surface area contributed by atoms with E-state index in [4.69, 9.17) is 0 Å². The van der Waals surface area contributed by atoms with Gasteiger partial charge in [-0.3, -0.25) is 10.1 Å². The molecule has 5 heteroatoms. The number of hydrogen-bond acceptors (Lipinski definition) is 4. The topological polar surface area (TPSA) is 66.5 Å². The van der Waals surface area contributed by atoms with Crippen LogP contribution in [0.1, 0.15) is 54.5 Å². The standard InChI is InChI=1S/C14H19N5/c1-9-7-15-6-5-12(9)10(2)16-8-13-17-14(19-18-13)11-3-4-11/h5-7,10-11,16H,3-4,8H2,1-2H3,(H,17,18,19). The minimum atomic E-state index is 0.275. The number of nitrogens with one attached hydrogen (secondary N) is 2. The summed E-state index contributed by atoms with van der Waals surface area (Å²) < 4.78 is 0. The van der Waals surface area contributed by atoms with Crippen LogP contribution in [0.25, 0.3) is 0 Å². The van der Waals surface area contributed by atoms with Crippen molar-refractivity contribution in [1.29, 1.82) is 0 Å². The molecular weight excluding hydrogens is 238 g/mol. The van der Waals surface area contributed by atoms with E-state index in [-0.39, 0.29) is 6.04 Å². The van der Waals surface area contributed by atoms with Crippen LogP contribution < -0.4 is 5.32 Å². The van der Waals surface area contributed by atoms with Crippen LogP contribution in [0.5, 0.6) is 0 Å². The fraction of sp³-hybridized carbons (Fsp3) is 0.500. The van der Waals surface area contributed by atoms with Crippen LogP contribution in [0.15, 0.2) is 18.5 Å². The molecule has 19 heavy (non-hydrogen) atoms. The van der Waals surface area contributed by atoms with Gasteiger partial charge in [-0.25, -0.2) is 4.98 Å². The zero-order chi connectivity index (χ0) is 13.2. The second kappa shape index (κ2) is 5.09. The Bertz CT molecular complexity index is 558. The number of aromatic amines is 1. The number of nitrogens with zero attached hydrogens (tertiary/aromatic N) is 3. The Kier molecular flexibility index (Phi) is 3.29. The molecule has 2 aromatic rings. The van der Waals surface area contributed by atoms with Gasteiger partial charge in [-0.05, 0) is 43.9 Å². The van der Waals surface area contributed by atoms with Crippen LogP contribution in [-0.2, 0) is 6.54 Å². The number of H-pyrrole nitrogens is 1. The van der Waals surface area contributed by atoms with Crippen molar-refractivity contribution in [3.63, 3.8) is 0 Å². The fourth-order valence-corrected chi connectivity index (χ4v) is 2.24. The maximum absolute atomic E-state index is 4.52. The third-order valence-corrected chi connectivity index (χ3v) is 3.60. The van der Waals surface area contributed by atoms with Gasteiger partial charge in [0.05, 0.1) is 6.54 Å². The quantitative estimate of drug-likeness (QED) is 0.862. The molecule has 0 saturated heterocycles. The first-order valence-corrected chi connectivity index (χ1v) is 6.79. The Morgan fingerprint density at radius 1 is 1.47 bits per heavy atom. The van der Waals surface area contributed by atoms with Crippen molar-refractivity contribution in [2.45, 2.75) is 45.2 Å². The molecular formula is C14H19N5. The summed E-state index contributed by atoms with van der Waals surface area (Å²) in [7, 11) is 0. The molecule has 0 bridgehead atoms. The van der Waals surface area contributed by atoms with E-state index < -0.39 is 0 Å². The summed E-state index contributed by atoms with van der Waals surface area (Å²) in [5, 5.41) is 10.7. The predicted octanol–water partition coefficient (Wildman–Crippen LogP) is 2.24. The molecule has 2 N–H and O–H groups in total. The summed E-state index contributed by atoms with van der Waals surface area (Å²) in [6.45, 7) is 4.95. The lowest BCUT2D eigenvalue weighted by molar-refractivity contribution is 0.557. The van der Waals surface area contributed by atoms with Gasteiger partial charge in [0.25, 0.3) is 0 Å². The fourth-order valence-electron chi connectivity index (χ4n) is 2.24. The zero-order valence-corrected chi connectivity index (χ0v) is 11.3. The van der Waals surface area contributed by atoms with Crippen LogP contribution in [0.3, 0.4) is 0 Å². The van der Waals surface area contributed by atoms with Crippen molar-refractivity contribution in [3.05, 3.63) is 41.2 Å². The number of pyridine rings is 1. The van der Waals surface area contributed by atoms with E-state index in [1.807, 2.05) is 12.4 Å². The molecule has 1 saturated carbocycles. The van der Waals surface area contributed by atoms with Crippen LogP contribution >= 0.6 is 0 Å². The summed E-state index contributed by atoms with van der Waals surface area (Å²) in [5.74, 6) is 2.50. The van der Waals surface area contributed by atoms with Gasteiger partial charge in [0, 0.05) is 24.4 Å². The molecule has 100 valence electrons. The molecule has 2 heterocycles. The second-order valence-electron chi connectivity index (χ2n) is 5.25. The highest BCUT2D eigenvalue weighted by Gasteiger charge is 2.27. The molecule has 1 aliphatic carbocycles. The Morgan fingerprint density at radius 3 is 3.05 bits per heavy atom. The van der Waals surface area contributed by atoms with E-state index in [9.17, 15) is 0 Å². The molecule has 0 amide bonds. The first-order valence-electron chi connectivity index (χ1n) is 6.79. The molecule has 1 atom stereocenters. The monoisotopic (exact) mass is 257 g/mol. The number of aromatic nitrogens is 4. The lowest BCUT2D eigenvalue weighted by Gasteiger charge is -2.15. The molecule has 0 aromatic carbocycles. The largest absolute Gasteiger partial charge is 0.303 e. The summed E-state index contributed by atoms with van der Waals surface area (Å²) in [6.07, 6.45) is 6.20. The molecule has 0 spiro atoms. The van der Waals surface area contributed by atoms with Gasteiger partial charge in [-0.2, -0.15) is 5.10 Å². The molecule has 1 unspecified atom stereocenters. The predicted molar refractivity (Wildman–Crippen MR) is 72.6 cm³/mol. The smallest absolute Gasteiger partial charge is 0.153 e. The van der Waals surface area contributed by atoms with E-state index in [1.165, 1.54) is 24.0 Å². The SMILES string of the molecule is Cc1cnccc1C(C)NCc1nc(C2CC2)n[nH]1. The number of aryl methyl sites for hydroxylation is 1. The van der Waals surface area contributed by atoms with Crippen LogP contribution in [0.4, 0.5) is 0 Å². The molecule has 2 aromatic heterocycles. The average Bonchev–Trinajstić information content (AvgIpc) is 3.16. The van der Waals surface area contributed by atoms with Gasteiger partial charge in [-0.1, -0.05) is 0 Å². The minimum absolute atomic E-state index is 0.275. The summed E-state index contributed by atoms with van der Waals surface area (Å²) in [5.41, 5.74) is 2.48. The normalized spacial score (nSPS) is 16.5. The number of hydrogen-bond donors (Lipinski definition) is 2. The molecule has 0 aliphatic heterocycles. The first kappa shape index (κ1) is 12.3. The molecule has 3 rings (SSSR count). The molecule has 0 radical (unpaired) electrons. The van der Waals surface area contributed by atoms with Crippen molar-refractivity contribution in [2.24, 2.45) is 0 Å². The molecule has 5 nitrogen and oxygen atoms in total. The average molecular weight is 257 g/mol. The van der Waals surface area contributed by atoms with Gasteiger partial charge < -0.3 is 5.32 Å². The minimum Gasteiger partial charge on any atom is -0.303 e. The van der Waals surface area contributed by atoms with E-state index in [2.05, 4.69) is 45.4 Å². The van der Waals surface area contributed by atoms with Crippen molar-refractivity contribution in [2.75, 3.05) is 0 Å². The lowest BCUT2D eigenvalue weighted by Crippen LogP contribution is -2.19. The highest BCUT2D eigenvalue weighted by molar-refractivity contribution is 5.24. The van der Waals surface area contributed by atoms with Crippen LogP contribution in [-0.4, -0.2) is 20.2 Å².